The molecule has 0 spiro atoms. The number of hydrogen-bond donors (Lipinski definition) is 1. The van der Waals surface area contributed by atoms with Crippen molar-refractivity contribution in [2.24, 2.45) is 0 Å². The average Bonchev–Trinajstić information content (AvgIpc) is 3.06. The van der Waals surface area contributed by atoms with Crippen molar-refractivity contribution < 1.29 is 18.9 Å². The summed E-state index contributed by atoms with van der Waals surface area (Å²) in [5.74, 6) is 0.482. The summed E-state index contributed by atoms with van der Waals surface area (Å²) in [6.07, 6.45) is 1.33. The largest absolute Gasteiger partial charge is 0.496 e. The SMILES string of the molecule is COc1cc([N+](=O)[O-])ccc1-c1ccc(C=C(C#N)C(=O)NC(C)C)o1. The lowest BCUT2D eigenvalue weighted by molar-refractivity contribution is -0.384. The molecule has 0 aliphatic carbocycles. The molecule has 0 fully saturated rings. The van der Waals surface area contributed by atoms with Gasteiger partial charge in [-0.05, 0) is 32.0 Å². The first-order valence-corrected chi connectivity index (χ1v) is 7.71. The number of hydrogen-bond acceptors (Lipinski definition) is 6. The summed E-state index contributed by atoms with van der Waals surface area (Å²) < 4.78 is 10.8. The number of methoxy groups -OCH3 is 1. The predicted molar refractivity (Wildman–Crippen MR) is 94.2 cm³/mol. The molecule has 0 radical (unpaired) electrons. The van der Waals surface area contributed by atoms with E-state index in [2.05, 4.69) is 5.32 Å². The second-order valence-electron chi connectivity index (χ2n) is 5.64. The number of carbonyl (C=O) groups is 1. The molecule has 0 aliphatic rings. The normalized spacial score (nSPS) is 11.1. The number of nitrogens with one attached hydrogen (secondary N) is 1. The molecular weight excluding hydrogens is 338 g/mol. The Kier molecular flexibility index (Phi) is 5.75. The van der Waals surface area contributed by atoms with Gasteiger partial charge in [-0.1, -0.05) is 0 Å². The topological polar surface area (TPSA) is 118 Å². The monoisotopic (exact) mass is 355 g/mol. The Morgan fingerprint density at radius 3 is 2.69 bits per heavy atom. The average molecular weight is 355 g/mol. The minimum Gasteiger partial charge on any atom is -0.496 e. The number of carbonyl (C=O) groups excluding carboxylic acids is 1. The van der Waals surface area contributed by atoms with E-state index in [1.54, 1.807) is 26.0 Å². The quantitative estimate of drug-likeness (QED) is 0.367. The zero-order valence-corrected chi connectivity index (χ0v) is 14.5. The summed E-state index contributed by atoms with van der Waals surface area (Å²) in [5.41, 5.74) is 0.326. The molecule has 0 bridgehead atoms. The molecule has 2 rings (SSSR count). The van der Waals surface area contributed by atoms with Gasteiger partial charge in [0.15, 0.2) is 0 Å². The van der Waals surface area contributed by atoms with Crippen LogP contribution in [0.25, 0.3) is 17.4 Å². The van der Waals surface area contributed by atoms with E-state index in [0.717, 1.165) is 0 Å². The number of benzene rings is 1. The number of nitro benzene ring substituents is 1. The molecule has 8 nitrogen and oxygen atoms in total. The fourth-order valence-electron chi connectivity index (χ4n) is 2.20. The molecule has 1 amide bonds. The minimum atomic E-state index is -0.519. The summed E-state index contributed by atoms with van der Waals surface area (Å²) >= 11 is 0. The Labute approximate surface area is 149 Å². The Hall–Kier alpha value is -3.60. The maximum atomic E-state index is 11.9. The van der Waals surface area contributed by atoms with Crippen LogP contribution in [-0.2, 0) is 4.79 Å². The van der Waals surface area contributed by atoms with Crippen molar-refractivity contribution in [3.05, 3.63) is 51.8 Å². The molecule has 1 aromatic carbocycles. The molecule has 1 aromatic heterocycles. The molecule has 2 aromatic rings. The first kappa shape index (κ1) is 18.7. The lowest BCUT2D eigenvalue weighted by atomic mass is 10.1. The fraction of sp³-hybridized carbons (Fsp3) is 0.222. The van der Waals surface area contributed by atoms with Crippen LogP contribution in [0.1, 0.15) is 19.6 Å². The summed E-state index contributed by atoms with van der Waals surface area (Å²) in [4.78, 5) is 22.3. The van der Waals surface area contributed by atoms with Crippen molar-refractivity contribution >= 4 is 17.7 Å². The van der Waals surface area contributed by atoms with Gasteiger partial charge in [-0.2, -0.15) is 5.26 Å². The van der Waals surface area contributed by atoms with Gasteiger partial charge in [-0.15, -0.1) is 0 Å². The third kappa shape index (κ3) is 4.27. The highest BCUT2D eigenvalue weighted by molar-refractivity contribution is 6.01. The van der Waals surface area contributed by atoms with Gasteiger partial charge in [0, 0.05) is 18.2 Å². The van der Waals surface area contributed by atoms with Gasteiger partial charge in [-0.25, -0.2) is 0 Å². The van der Waals surface area contributed by atoms with Crippen molar-refractivity contribution in [2.75, 3.05) is 7.11 Å². The molecule has 134 valence electrons. The van der Waals surface area contributed by atoms with Crippen molar-refractivity contribution in [1.82, 2.24) is 5.32 Å². The standard InChI is InChI=1S/C18H17N3O5/c1-11(2)20-18(22)12(10-19)8-14-5-7-16(26-14)15-6-4-13(21(23)24)9-17(15)25-3/h4-9,11H,1-3H3,(H,20,22). The van der Waals surface area contributed by atoms with Gasteiger partial charge < -0.3 is 14.5 Å². The molecule has 0 aliphatic heterocycles. The third-order valence-electron chi connectivity index (χ3n) is 3.36. The minimum absolute atomic E-state index is 0.0877. The molecule has 1 heterocycles. The van der Waals surface area contributed by atoms with Crippen LogP contribution in [0.4, 0.5) is 5.69 Å². The van der Waals surface area contributed by atoms with Crippen molar-refractivity contribution in [3.63, 3.8) is 0 Å². The summed E-state index contributed by atoms with van der Waals surface area (Å²) in [7, 11) is 1.40. The highest BCUT2D eigenvalue weighted by Crippen LogP contribution is 2.34. The number of amides is 1. The highest BCUT2D eigenvalue weighted by Gasteiger charge is 2.16. The Bertz CT molecular complexity index is 906. The second-order valence-corrected chi connectivity index (χ2v) is 5.64. The van der Waals surface area contributed by atoms with Crippen LogP contribution >= 0.6 is 0 Å². The molecule has 0 unspecified atom stereocenters. The number of nitrogens with zero attached hydrogens (tertiary/aromatic N) is 2. The number of ether oxygens (including phenoxy) is 1. The Balaban J connectivity index is 2.35. The maximum Gasteiger partial charge on any atom is 0.273 e. The molecule has 8 heteroatoms. The van der Waals surface area contributed by atoms with Crippen LogP contribution in [0.5, 0.6) is 5.75 Å². The predicted octanol–water partition coefficient (Wildman–Crippen LogP) is 3.29. The Morgan fingerprint density at radius 1 is 1.38 bits per heavy atom. The van der Waals surface area contributed by atoms with Crippen molar-refractivity contribution in [1.29, 1.82) is 5.26 Å². The molecule has 0 saturated heterocycles. The van der Waals surface area contributed by atoms with Gasteiger partial charge in [0.05, 0.1) is 23.7 Å². The number of non-ortho nitro benzene ring substituents is 1. The summed E-state index contributed by atoms with van der Waals surface area (Å²) in [6.45, 7) is 3.58. The van der Waals surface area contributed by atoms with Crippen molar-refractivity contribution in [3.8, 4) is 23.1 Å². The van der Waals surface area contributed by atoms with Crippen LogP contribution in [0, 0.1) is 21.4 Å². The number of nitriles is 1. The number of rotatable bonds is 6. The third-order valence-corrected chi connectivity index (χ3v) is 3.36. The fourth-order valence-corrected chi connectivity index (χ4v) is 2.20. The number of nitro groups is 1. The molecule has 26 heavy (non-hydrogen) atoms. The first-order valence-electron chi connectivity index (χ1n) is 7.71. The van der Waals surface area contributed by atoms with Crippen LogP contribution in [-0.4, -0.2) is 24.0 Å². The van der Waals surface area contributed by atoms with Crippen LogP contribution < -0.4 is 10.1 Å². The zero-order chi connectivity index (χ0) is 19.3. The summed E-state index contributed by atoms with van der Waals surface area (Å²) in [6, 6.07) is 9.11. The van der Waals surface area contributed by atoms with Crippen LogP contribution in [0.3, 0.4) is 0 Å². The number of furan rings is 1. The van der Waals surface area contributed by atoms with E-state index < -0.39 is 10.8 Å². The smallest absolute Gasteiger partial charge is 0.273 e. The van der Waals surface area contributed by atoms with Crippen LogP contribution in [0.15, 0.2) is 40.3 Å². The zero-order valence-electron chi connectivity index (χ0n) is 14.5. The lowest BCUT2D eigenvalue weighted by Gasteiger charge is -2.06. The van der Waals surface area contributed by atoms with Gasteiger partial charge in [0.1, 0.15) is 28.9 Å². The van der Waals surface area contributed by atoms with E-state index in [0.29, 0.717) is 17.1 Å². The molecule has 0 atom stereocenters. The molecular formula is C18H17N3O5. The van der Waals surface area contributed by atoms with E-state index in [-0.39, 0.29) is 23.1 Å². The molecule has 0 saturated carbocycles. The van der Waals surface area contributed by atoms with Crippen LogP contribution in [0.2, 0.25) is 0 Å². The first-order chi connectivity index (χ1) is 12.3. The van der Waals surface area contributed by atoms with Gasteiger partial charge in [-0.3, -0.25) is 14.9 Å². The lowest BCUT2D eigenvalue weighted by Crippen LogP contribution is -2.30. The van der Waals surface area contributed by atoms with Gasteiger partial charge in [0.2, 0.25) is 0 Å². The van der Waals surface area contributed by atoms with E-state index >= 15 is 0 Å². The van der Waals surface area contributed by atoms with Gasteiger partial charge >= 0.3 is 0 Å². The van der Waals surface area contributed by atoms with E-state index in [1.807, 2.05) is 6.07 Å². The second kappa shape index (κ2) is 7.98. The Morgan fingerprint density at radius 2 is 2.12 bits per heavy atom. The van der Waals surface area contributed by atoms with Crippen molar-refractivity contribution in [2.45, 2.75) is 19.9 Å². The highest BCUT2D eigenvalue weighted by atomic mass is 16.6. The van der Waals surface area contributed by atoms with E-state index in [4.69, 9.17) is 14.4 Å². The van der Waals surface area contributed by atoms with E-state index in [9.17, 15) is 14.9 Å². The van der Waals surface area contributed by atoms with Gasteiger partial charge in [0.25, 0.3) is 11.6 Å². The van der Waals surface area contributed by atoms with E-state index in [1.165, 1.54) is 31.4 Å². The maximum absolute atomic E-state index is 11.9. The summed E-state index contributed by atoms with van der Waals surface area (Å²) in [5, 5.41) is 22.7. The molecule has 1 N–H and O–H groups in total.